The summed E-state index contributed by atoms with van der Waals surface area (Å²) in [6, 6.07) is 1.80. The SMILES string of the molecule is CCn1nc(C)c(NC(=O)c2cc(Br)c(Br)s2)c1C. The Balaban J connectivity index is 2.26. The standard InChI is InChI=1S/C12H13Br2N3OS/c1-4-17-7(3)10(6(2)16-17)15-12(18)9-5-8(13)11(14)19-9/h5H,4H2,1-3H3,(H,15,18). The van der Waals surface area contributed by atoms with Crippen LogP contribution in [0, 0.1) is 13.8 Å². The van der Waals surface area contributed by atoms with Crippen molar-refractivity contribution in [1.29, 1.82) is 0 Å². The van der Waals surface area contributed by atoms with Crippen LogP contribution in [0.25, 0.3) is 0 Å². The second-order valence-electron chi connectivity index (χ2n) is 4.05. The number of nitrogens with zero attached hydrogens (tertiary/aromatic N) is 2. The highest BCUT2D eigenvalue weighted by Crippen LogP contribution is 2.33. The molecule has 0 spiro atoms. The first-order valence-electron chi connectivity index (χ1n) is 5.74. The fourth-order valence-corrected chi connectivity index (χ4v) is 3.75. The first-order chi connectivity index (χ1) is 8.93. The average Bonchev–Trinajstić information content (AvgIpc) is 2.84. The van der Waals surface area contributed by atoms with Crippen molar-refractivity contribution in [2.24, 2.45) is 0 Å². The maximum Gasteiger partial charge on any atom is 0.265 e. The molecule has 0 radical (unpaired) electrons. The minimum Gasteiger partial charge on any atom is -0.318 e. The number of aromatic nitrogens is 2. The summed E-state index contributed by atoms with van der Waals surface area (Å²) in [5.74, 6) is -0.113. The Hall–Kier alpha value is -0.660. The van der Waals surface area contributed by atoms with E-state index in [0.717, 1.165) is 31.9 Å². The summed E-state index contributed by atoms with van der Waals surface area (Å²) in [4.78, 5) is 12.9. The van der Waals surface area contributed by atoms with Gasteiger partial charge in [0.2, 0.25) is 0 Å². The third-order valence-corrected chi connectivity index (χ3v) is 6.04. The van der Waals surface area contributed by atoms with E-state index in [-0.39, 0.29) is 5.91 Å². The van der Waals surface area contributed by atoms with Gasteiger partial charge in [-0.1, -0.05) is 0 Å². The molecule has 0 aliphatic carbocycles. The summed E-state index contributed by atoms with van der Waals surface area (Å²) in [7, 11) is 0. The molecule has 7 heteroatoms. The molecule has 1 N–H and O–H groups in total. The summed E-state index contributed by atoms with van der Waals surface area (Å²) in [6.07, 6.45) is 0. The number of carbonyl (C=O) groups excluding carboxylic acids is 1. The van der Waals surface area contributed by atoms with E-state index < -0.39 is 0 Å². The summed E-state index contributed by atoms with van der Waals surface area (Å²) in [5, 5.41) is 7.32. The molecule has 4 nitrogen and oxygen atoms in total. The topological polar surface area (TPSA) is 46.9 Å². The van der Waals surface area contributed by atoms with Crippen molar-refractivity contribution in [3.63, 3.8) is 0 Å². The first kappa shape index (κ1) is 14.7. The Bertz CT molecular complexity index is 614. The highest BCUT2D eigenvalue weighted by atomic mass is 79.9. The van der Waals surface area contributed by atoms with Crippen LogP contribution in [-0.4, -0.2) is 15.7 Å². The number of carbonyl (C=O) groups is 1. The van der Waals surface area contributed by atoms with E-state index in [1.54, 1.807) is 6.07 Å². The summed E-state index contributed by atoms with van der Waals surface area (Å²) >= 11 is 8.17. The van der Waals surface area contributed by atoms with Gasteiger partial charge in [0.15, 0.2) is 0 Å². The Morgan fingerprint density at radius 1 is 1.47 bits per heavy atom. The molecule has 0 bridgehead atoms. The molecular formula is C12H13Br2N3OS. The Morgan fingerprint density at radius 2 is 2.16 bits per heavy atom. The molecule has 102 valence electrons. The molecule has 0 atom stereocenters. The average molecular weight is 407 g/mol. The van der Waals surface area contributed by atoms with Gasteiger partial charge < -0.3 is 5.32 Å². The van der Waals surface area contributed by atoms with Gasteiger partial charge in [-0.2, -0.15) is 5.10 Å². The molecule has 0 unspecified atom stereocenters. The molecule has 0 fully saturated rings. The van der Waals surface area contributed by atoms with Gasteiger partial charge in [0.05, 0.1) is 25.7 Å². The zero-order chi connectivity index (χ0) is 14.2. The van der Waals surface area contributed by atoms with Crippen molar-refractivity contribution in [1.82, 2.24) is 9.78 Å². The minimum absolute atomic E-state index is 0.113. The fourth-order valence-electron chi connectivity index (χ4n) is 1.82. The molecule has 2 aromatic rings. The number of anilines is 1. The van der Waals surface area contributed by atoms with E-state index >= 15 is 0 Å². The van der Waals surface area contributed by atoms with E-state index in [1.165, 1.54) is 11.3 Å². The predicted molar refractivity (Wildman–Crippen MR) is 85.0 cm³/mol. The lowest BCUT2D eigenvalue weighted by molar-refractivity contribution is 0.103. The Labute approximate surface area is 132 Å². The summed E-state index contributed by atoms with van der Waals surface area (Å²) in [5.41, 5.74) is 2.61. The lowest BCUT2D eigenvalue weighted by atomic mass is 10.3. The van der Waals surface area contributed by atoms with Crippen LogP contribution in [-0.2, 0) is 6.54 Å². The second-order valence-corrected chi connectivity index (χ2v) is 7.27. The Kier molecular flexibility index (Phi) is 4.47. The van der Waals surface area contributed by atoms with Crippen LogP contribution in [0.2, 0.25) is 0 Å². The maximum absolute atomic E-state index is 12.2. The zero-order valence-corrected chi connectivity index (χ0v) is 14.7. The van der Waals surface area contributed by atoms with Crippen LogP contribution < -0.4 is 5.32 Å². The second kappa shape index (κ2) is 5.76. The first-order valence-corrected chi connectivity index (χ1v) is 8.14. The highest BCUT2D eigenvalue weighted by molar-refractivity contribution is 9.13. The van der Waals surface area contributed by atoms with E-state index in [4.69, 9.17) is 0 Å². The zero-order valence-electron chi connectivity index (χ0n) is 10.8. The molecular weight excluding hydrogens is 394 g/mol. The number of hydrogen-bond donors (Lipinski definition) is 1. The number of amides is 1. The van der Waals surface area contributed by atoms with Gasteiger partial charge in [-0.05, 0) is 58.7 Å². The molecule has 1 amide bonds. The smallest absolute Gasteiger partial charge is 0.265 e. The molecule has 0 saturated carbocycles. The number of aryl methyl sites for hydroxylation is 2. The van der Waals surface area contributed by atoms with Crippen LogP contribution in [0.3, 0.4) is 0 Å². The van der Waals surface area contributed by atoms with Crippen LogP contribution in [0.4, 0.5) is 5.69 Å². The van der Waals surface area contributed by atoms with Gasteiger partial charge in [-0.25, -0.2) is 0 Å². The van der Waals surface area contributed by atoms with Crippen molar-refractivity contribution in [3.05, 3.63) is 30.6 Å². The van der Waals surface area contributed by atoms with Gasteiger partial charge in [0, 0.05) is 11.0 Å². The van der Waals surface area contributed by atoms with Gasteiger partial charge in [-0.3, -0.25) is 9.48 Å². The summed E-state index contributed by atoms with van der Waals surface area (Å²) in [6.45, 7) is 6.67. The molecule has 19 heavy (non-hydrogen) atoms. The van der Waals surface area contributed by atoms with Crippen molar-refractivity contribution in [3.8, 4) is 0 Å². The highest BCUT2D eigenvalue weighted by Gasteiger charge is 2.17. The number of rotatable bonds is 3. The van der Waals surface area contributed by atoms with E-state index in [2.05, 4.69) is 42.3 Å². The van der Waals surface area contributed by atoms with Crippen LogP contribution in [0.1, 0.15) is 28.0 Å². The van der Waals surface area contributed by atoms with Gasteiger partial charge in [-0.15, -0.1) is 11.3 Å². The van der Waals surface area contributed by atoms with E-state index in [1.807, 2.05) is 25.5 Å². The number of thiophene rings is 1. The van der Waals surface area contributed by atoms with Crippen molar-refractivity contribution < 1.29 is 4.79 Å². The van der Waals surface area contributed by atoms with Crippen molar-refractivity contribution >= 4 is 54.8 Å². The van der Waals surface area contributed by atoms with Gasteiger partial charge in [0.25, 0.3) is 5.91 Å². The predicted octanol–water partition coefficient (Wildman–Crippen LogP) is 4.36. The van der Waals surface area contributed by atoms with Crippen LogP contribution in [0.15, 0.2) is 14.3 Å². The third-order valence-electron chi connectivity index (χ3n) is 2.79. The molecule has 2 heterocycles. The van der Waals surface area contributed by atoms with E-state index in [9.17, 15) is 4.79 Å². The molecule has 0 saturated heterocycles. The number of halogens is 2. The normalized spacial score (nSPS) is 10.8. The van der Waals surface area contributed by atoms with Gasteiger partial charge >= 0.3 is 0 Å². The monoisotopic (exact) mass is 405 g/mol. The van der Waals surface area contributed by atoms with Crippen LogP contribution >= 0.6 is 43.2 Å². The molecule has 2 rings (SSSR count). The molecule has 0 aliphatic rings. The number of hydrogen-bond acceptors (Lipinski definition) is 3. The Morgan fingerprint density at radius 3 is 2.63 bits per heavy atom. The third kappa shape index (κ3) is 2.93. The quantitative estimate of drug-likeness (QED) is 0.822. The molecule has 2 aromatic heterocycles. The van der Waals surface area contributed by atoms with E-state index in [0.29, 0.717) is 4.88 Å². The number of nitrogens with one attached hydrogen (secondary N) is 1. The van der Waals surface area contributed by atoms with Crippen molar-refractivity contribution in [2.75, 3.05) is 5.32 Å². The largest absolute Gasteiger partial charge is 0.318 e. The lowest BCUT2D eigenvalue weighted by Crippen LogP contribution is -2.11. The lowest BCUT2D eigenvalue weighted by Gasteiger charge is -2.04. The van der Waals surface area contributed by atoms with Gasteiger partial charge in [0.1, 0.15) is 0 Å². The fraction of sp³-hybridized carbons (Fsp3) is 0.333. The summed E-state index contributed by atoms with van der Waals surface area (Å²) < 4.78 is 3.68. The minimum atomic E-state index is -0.113. The molecule has 0 aromatic carbocycles. The molecule has 0 aliphatic heterocycles. The maximum atomic E-state index is 12.2. The van der Waals surface area contributed by atoms with Crippen molar-refractivity contribution in [2.45, 2.75) is 27.3 Å². The van der Waals surface area contributed by atoms with Crippen LogP contribution in [0.5, 0.6) is 0 Å².